The van der Waals surface area contributed by atoms with Crippen molar-refractivity contribution < 1.29 is 0 Å². The normalized spacial score (nSPS) is 14.3. The highest BCUT2D eigenvalue weighted by Gasteiger charge is 2.19. The summed E-state index contributed by atoms with van der Waals surface area (Å²) in [5, 5.41) is 1.19. The standard InChI is InChI=1S/C19H16Cl2N4/c20-16-4-3-13(8-17(16)21)11-25-7-5-18-15(12-25)10-23-19(24-18)14-2-1-6-22-9-14/h1-4,6,8-10H,5,7,11-12H2. The van der Waals surface area contributed by atoms with E-state index in [4.69, 9.17) is 28.2 Å². The molecule has 4 rings (SSSR count). The third kappa shape index (κ3) is 3.66. The zero-order valence-electron chi connectivity index (χ0n) is 13.5. The quantitative estimate of drug-likeness (QED) is 0.684. The van der Waals surface area contributed by atoms with E-state index >= 15 is 0 Å². The minimum absolute atomic E-state index is 0.589. The molecule has 2 aromatic heterocycles. The van der Waals surface area contributed by atoms with Crippen LogP contribution in [0.3, 0.4) is 0 Å². The fourth-order valence-corrected chi connectivity index (χ4v) is 3.36. The van der Waals surface area contributed by atoms with Gasteiger partial charge in [-0.3, -0.25) is 9.88 Å². The van der Waals surface area contributed by atoms with Crippen LogP contribution in [0.1, 0.15) is 16.8 Å². The van der Waals surface area contributed by atoms with E-state index in [1.165, 1.54) is 5.56 Å². The molecule has 0 unspecified atom stereocenters. The molecular formula is C19H16Cl2N4. The molecule has 1 aliphatic rings. The van der Waals surface area contributed by atoms with Gasteiger partial charge in [0.1, 0.15) is 0 Å². The summed E-state index contributed by atoms with van der Waals surface area (Å²) in [6, 6.07) is 9.68. The van der Waals surface area contributed by atoms with Crippen LogP contribution in [-0.4, -0.2) is 26.4 Å². The summed E-state index contributed by atoms with van der Waals surface area (Å²) in [4.78, 5) is 15.8. The van der Waals surface area contributed by atoms with Gasteiger partial charge in [-0.1, -0.05) is 29.3 Å². The predicted octanol–water partition coefficient (Wildman–Crippen LogP) is 4.40. The SMILES string of the molecule is Clc1ccc(CN2CCc3nc(-c4cccnc4)ncc3C2)cc1Cl. The molecule has 4 nitrogen and oxygen atoms in total. The van der Waals surface area contributed by atoms with Crippen molar-refractivity contribution in [2.45, 2.75) is 19.5 Å². The second-order valence-corrected chi connectivity index (χ2v) is 6.93. The van der Waals surface area contributed by atoms with E-state index in [-0.39, 0.29) is 0 Å². The second-order valence-electron chi connectivity index (χ2n) is 6.12. The molecule has 0 saturated carbocycles. The Balaban J connectivity index is 1.51. The van der Waals surface area contributed by atoms with Crippen LogP contribution < -0.4 is 0 Å². The van der Waals surface area contributed by atoms with Crippen LogP contribution in [-0.2, 0) is 19.5 Å². The molecule has 0 amide bonds. The summed E-state index contributed by atoms with van der Waals surface area (Å²) in [5.74, 6) is 0.741. The highest BCUT2D eigenvalue weighted by Crippen LogP contribution is 2.25. The van der Waals surface area contributed by atoms with Crippen LogP contribution >= 0.6 is 23.2 Å². The summed E-state index contributed by atoms with van der Waals surface area (Å²) in [6.45, 7) is 2.63. The lowest BCUT2D eigenvalue weighted by atomic mass is 10.1. The van der Waals surface area contributed by atoms with Crippen LogP contribution in [0.25, 0.3) is 11.4 Å². The number of rotatable bonds is 3. The molecule has 0 atom stereocenters. The average Bonchev–Trinajstić information content (AvgIpc) is 2.65. The third-order valence-corrected chi connectivity index (χ3v) is 5.06. The molecule has 0 N–H and O–H groups in total. The average molecular weight is 371 g/mol. The van der Waals surface area contributed by atoms with Crippen molar-refractivity contribution in [1.82, 2.24) is 19.9 Å². The molecule has 1 aliphatic heterocycles. The molecule has 25 heavy (non-hydrogen) atoms. The number of aromatic nitrogens is 3. The molecule has 126 valence electrons. The molecule has 6 heteroatoms. The summed E-state index contributed by atoms with van der Waals surface area (Å²) in [5.41, 5.74) is 4.41. The molecule has 0 spiro atoms. The van der Waals surface area contributed by atoms with Crippen molar-refractivity contribution in [2.24, 2.45) is 0 Å². The first-order valence-electron chi connectivity index (χ1n) is 8.10. The van der Waals surface area contributed by atoms with E-state index in [9.17, 15) is 0 Å². The first kappa shape index (κ1) is 16.5. The number of benzene rings is 1. The predicted molar refractivity (Wildman–Crippen MR) is 99.5 cm³/mol. The Morgan fingerprint density at radius 2 is 2.00 bits per heavy atom. The first-order chi connectivity index (χ1) is 12.2. The van der Waals surface area contributed by atoms with E-state index < -0.39 is 0 Å². The Morgan fingerprint density at radius 1 is 1.08 bits per heavy atom. The Kier molecular flexibility index (Phi) is 4.66. The number of pyridine rings is 1. The van der Waals surface area contributed by atoms with E-state index in [1.54, 1.807) is 12.4 Å². The minimum Gasteiger partial charge on any atom is -0.294 e. The van der Waals surface area contributed by atoms with Crippen LogP contribution in [0.15, 0.2) is 48.9 Å². The van der Waals surface area contributed by atoms with Gasteiger partial charge in [0.25, 0.3) is 0 Å². The maximum absolute atomic E-state index is 6.11. The summed E-state index contributed by atoms with van der Waals surface area (Å²) in [7, 11) is 0. The van der Waals surface area contributed by atoms with E-state index in [1.807, 2.05) is 36.5 Å². The Hall–Kier alpha value is -2.01. The van der Waals surface area contributed by atoms with Crippen molar-refractivity contribution in [2.75, 3.05) is 6.54 Å². The maximum Gasteiger partial charge on any atom is 0.160 e. The molecule has 0 fully saturated rings. The number of halogens is 2. The maximum atomic E-state index is 6.11. The number of hydrogen-bond donors (Lipinski definition) is 0. The zero-order valence-corrected chi connectivity index (χ0v) is 15.0. The highest BCUT2D eigenvalue weighted by molar-refractivity contribution is 6.42. The van der Waals surface area contributed by atoms with Crippen LogP contribution in [0, 0.1) is 0 Å². The number of nitrogens with zero attached hydrogens (tertiary/aromatic N) is 4. The molecular weight excluding hydrogens is 355 g/mol. The fourth-order valence-electron chi connectivity index (χ4n) is 3.04. The van der Waals surface area contributed by atoms with Gasteiger partial charge in [0, 0.05) is 55.8 Å². The van der Waals surface area contributed by atoms with Gasteiger partial charge in [-0.25, -0.2) is 9.97 Å². The lowest BCUT2D eigenvalue weighted by molar-refractivity contribution is 0.243. The zero-order chi connectivity index (χ0) is 17.2. The van der Waals surface area contributed by atoms with Gasteiger partial charge in [-0.05, 0) is 29.8 Å². The van der Waals surface area contributed by atoms with E-state index in [2.05, 4.69) is 14.9 Å². The van der Waals surface area contributed by atoms with Crippen molar-refractivity contribution in [3.8, 4) is 11.4 Å². The van der Waals surface area contributed by atoms with E-state index in [0.717, 1.165) is 48.7 Å². The monoisotopic (exact) mass is 370 g/mol. The molecule has 0 saturated heterocycles. The van der Waals surface area contributed by atoms with Crippen LogP contribution in [0.4, 0.5) is 0 Å². The lowest BCUT2D eigenvalue weighted by Gasteiger charge is -2.28. The van der Waals surface area contributed by atoms with Gasteiger partial charge in [0.05, 0.1) is 15.7 Å². The van der Waals surface area contributed by atoms with Crippen molar-refractivity contribution in [3.63, 3.8) is 0 Å². The molecule has 0 radical (unpaired) electrons. The lowest BCUT2D eigenvalue weighted by Crippen LogP contribution is -2.31. The fraction of sp³-hybridized carbons (Fsp3) is 0.211. The minimum atomic E-state index is 0.589. The summed E-state index contributed by atoms with van der Waals surface area (Å²) in [6.07, 6.45) is 6.39. The van der Waals surface area contributed by atoms with Crippen molar-refractivity contribution in [1.29, 1.82) is 0 Å². The van der Waals surface area contributed by atoms with E-state index in [0.29, 0.717) is 10.0 Å². The van der Waals surface area contributed by atoms with Crippen LogP contribution in [0.2, 0.25) is 10.0 Å². The third-order valence-electron chi connectivity index (χ3n) is 4.32. The molecule has 1 aromatic carbocycles. The Bertz CT molecular complexity index is 899. The number of hydrogen-bond acceptors (Lipinski definition) is 4. The van der Waals surface area contributed by atoms with Gasteiger partial charge in [0.2, 0.25) is 0 Å². The summed E-state index contributed by atoms with van der Waals surface area (Å²) >= 11 is 12.1. The van der Waals surface area contributed by atoms with Gasteiger partial charge in [0.15, 0.2) is 5.82 Å². The number of fused-ring (bicyclic) bond motifs is 1. The van der Waals surface area contributed by atoms with Crippen molar-refractivity contribution in [3.05, 3.63) is 75.8 Å². The largest absolute Gasteiger partial charge is 0.294 e. The van der Waals surface area contributed by atoms with Crippen molar-refractivity contribution >= 4 is 23.2 Å². The molecule has 3 aromatic rings. The first-order valence-corrected chi connectivity index (χ1v) is 8.86. The topological polar surface area (TPSA) is 41.9 Å². The Labute approximate surface area is 156 Å². The van der Waals surface area contributed by atoms with Gasteiger partial charge in [-0.2, -0.15) is 0 Å². The van der Waals surface area contributed by atoms with Gasteiger partial charge < -0.3 is 0 Å². The second kappa shape index (κ2) is 7.08. The molecule has 0 bridgehead atoms. The molecule has 0 aliphatic carbocycles. The van der Waals surface area contributed by atoms with Crippen LogP contribution in [0.5, 0.6) is 0 Å². The Morgan fingerprint density at radius 3 is 2.80 bits per heavy atom. The molecule has 3 heterocycles. The van der Waals surface area contributed by atoms with Gasteiger partial charge >= 0.3 is 0 Å². The smallest absolute Gasteiger partial charge is 0.160 e. The van der Waals surface area contributed by atoms with Gasteiger partial charge in [-0.15, -0.1) is 0 Å². The summed E-state index contributed by atoms with van der Waals surface area (Å²) < 4.78 is 0. The highest BCUT2D eigenvalue weighted by atomic mass is 35.5.